The Hall–Kier alpha value is -1.36. The van der Waals surface area contributed by atoms with Crippen molar-refractivity contribution in [2.45, 2.75) is 148 Å². The van der Waals surface area contributed by atoms with Gasteiger partial charge in [-0.15, -0.1) is 0 Å². The van der Waals surface area contributed by atoms with Gasteiger partial charge in [0.2, 0.25) is 0 Å². The van der Waals surface area contributed by atoms with Crippen molar-refractivity contribution in [1.29, 1.82) is 0 Å². The zero-order valence-corrected chi connectivity index (χ0v) is 36.2. The first-order chi connectivity index (χ1) is 27.3. The molecule has 6 saturated carbocycles. The number of fused-ring (bicyclic) bond motifs is 10. The molecular formula is C48H66N2O5S2. The van der Waals surface area contributed by atoms with Crippen LogP contribution in [0.5, 0.6) is 0 Å². The average molecular weight is 815 g/mol. The highest BCUT2D eigenvalue weighted by Gasteiger charge is 2.75. The third-order valence-corrected chi connectivity index (χ3v) is 22.0. The molecule has 0 radical (unpaired) electrons. The molecule has 2 heterocycles. The molecule has 9 heteroatoms. The van der Waals surface area contributed by atoms with Gasteiger partial charge in [-0.05, 0) is 141 Å². The van der Waals surface area contributed by atoms with Crippen molar-refractivity contribution < 1.29 is 25.2 Å². The molecule has 11 rings (SSSR count). The maximum atomic E-state index is 14.5. The maximum absolute atomic E-state index is 14.5. The number of allylic oxidation sites excluding steroid dienone is 3. The van der Waals surface area contributed by atoms with Crippen LogP contribution in [0, 0.1) is 75.4 Å². The first-order valence-corrected chi connectivity index (χ1v) is 25.5. The molecule has 17 atom stereocenters. The van der Waals surface area contributed by atoms with E-state index in [1.807, 2.05) is 40.2 Å². The largest absolute Gasteiger partial charge is 0.392 e. The van der Waals surface area contributed by atoms with Gasteiger partial charge in [-0.1, -0.05) is 78.0 Å². The summed E-state index contributed by atoms with van der Waals surface area (Å²) < 4.78 is 2.32. The van der Waals surface area contributed by atoms with Crippen LogP contribution in [0.3, 0.4) is 0 Å². The van der Waals surface area contributed by atoms with Gasteiger partial charge in [0.1, 0.15) is 0 Å². The Morgan fingerprint density at radius 1 is 0.860 bits per heavy atom. The molecule has 7 nitrogen and oxygen atoms in total. The number of hydrogen-bond donors (Lipinski definition) is 4. The van der Waals surface area contributed by atoms with Crippen molar-refractivity contribution in [2.24, 2.45) is 75.4 Å². The Balaban J connectivity index is 1.08. The van der Waals surface area contributed by atoms with Crippen LogP contribution in [0.1, 0.15) is 124 Å². The first kappa shape index (κ1) is 38.6. The smallest absolute Gasteiger partial charge is 0.159 e. The molecule has 1 saturated heterocycles. The summed E-state index contributed by atoms with van der Waals surface area (Å²) in [5.41, 5.74) is 5.26. The van der Waals surface area contributed by atoms with Gasteiger partial charge in [0, 0.05) is 59.0 Å². The van der Waals surface area contributed by atoms with Gasteiger partial charge in [0.05, 0.1) is 30.2 Å². The number of carbonyl (C=O) groups is 1. The Morgan fingerprint density at radius 3 is 2.47 bits per heavy atom. The van der Waals surface area contributed by atoms with Crippen LogP contribution in [0.4, 0.5) is 0 Å². The number of hydrogen-bond acceptors (Lipinski definition) is 8. The number of ketones is 1. The van der Waals surface area contributed by atoms with Gasteiger partial charge in [0.15, 0.2) is 5.78 Å². The maximum Gasteiger partial charge on any atom is 0.159 e. The van der Waals surface area contributed by atoms with E-state index in [9.17, 15) is 25.2 Å². The molecule has 10 aliphatic rings. The lowest BCUT2D eigenvalue weighted by Crippen LogP contribution is -2.69. The van der Waals surface area contributed by atoms with Crippen LogP contribution in [0.2, 0.25) is 0 Å². The molecule has 0 amide bonds. The minimum absolute atomic E-state index is 0.0104. The van der Waals surface area contributed by atoms with E-state index in [2.05, 4.69) is 43.4 Å². The minimum atomic E-state index is -1.18. The molecule has 7 fully saturated rings. The molecule has 310 valence electrons. The predicted octanol–water partition coefficient (Wildman–Crippen LogP) is 8.51. The molecule has 9 aliphatic carbocycles. The third kappa shape index (κ3) is 5.14. The van der Waals surface area contributed by atoms with Gasteiger partial charge in [-0.2, -0.15) is 0 Å². The summed E-state index contributed by atoms with van der Waals surface area (Å²) in [6.45, 7) is 9.62. The highest BCUT2D eigenvalue weighted by Crippen LogP contribution is 2.75. The second kappa shape index (κ2) is 13.3. The van der Waals surface area contributed by atoms with Gasteiger partial charge >= 0.3 is 0 Å². The van der Waals surface area contributed by atoms with E-state index < -0.39 is 34.7 Å². The fraction of sp³-hybridized carbons (Fsp3) is 0.792. The molecule has 1 aromatic heterocycles. The van der Waals surface area contributed by atoms with Gasteiger partial charge in [-0.3, -0.25) is 4.79 Å². The molecule has 1 aromatic rings. The van der Waals surface area contributed by atoms with Crippen molar-refractivity contribution in [2.75, 3.05) is 11.5 Å². The number of nitrogens with zero attached hydrogens (tertiary/aromatic N) is 2. The van der Waals surface area contributed by atoms with E-state index in [-0.39, 0.29) is 58.7 Å². The topological polar surface area (TPSA) is 116 Å². The number of aliphatic hydroxyl groups is 4. The molecule has 0 unspecified atom stereocenters. The second-order valence-corrected chi connectivity index (χ2v) is 24.6. The van der Waals surface area contributed by atoms with Crippen LogP contribution in [-0.2, 0) is 4.79 Å². The predicted molar refractivity (Wildman–Crippen MR) is 226 cm³/mol. The van der Waals surface area contributed by atoms with Crippen molar-refractivity contribution >= 4 is 27.4 Å². The normalized spacial score (nSPS) is 51.3. The van der Waals surface area contributed by atoms with Crippen LogP contribution in [-0.4, -0.2) is 71.2 Å². The summed E-state index contributed by atoms with van der Waals surface area (Å²) in [7, 11) is 3.84. The quantitative estimate of drug-likeness (QED) is 0.165. The molecule has 0 spiro atoms. The lowest BCUT2D eigenvalue weighted by molar-refractivity contribution is -0.209. The summed E-state index contributed by atoms with van der Waals surface area (Å²) in [6.07, 6.45) is 20.1. The summed E-state index contributed by atoms with van der Waals surface area (Å²) in [6, 6.07) is 0.245. The molecular weight excluding hydrogens is 749 g/mol. The zero-order chi connectivity index (χ0) is 39.4. The van der Waals surface area contributed by atoms with Crippen LogP contribution < -0.4 is 0 Å². The molecule has 0 aromatic carbocycles. The van der Waals surface area contributed by atoms with Crippen LogP contribution >= 0.6 is 21.6 Å². The highest BCUT2D eigenvalue weighted by atomic mass is 33.1. The van der Waals surface area contributed by atoms with E-state index >= 15 is 0 Å². The van der Waals surface area contributed by atoms with E-state index in [1.54, 1.807) is 22.3 Å². The van der Waals surface area contributed by atoms with E-state index in [1.165, 1.54) is 38.5 Å². The summed E-state index contributed by atoms with van der Waals surface area (Å²) in [4.78, 5) is 19.0. The Bertz CT molecular complexity index is 1920. The fourth-order valence-corrected chi connectivity index (χ4v) is 20.2. The van der Waals surface area contributed by atoms with Crippen LogP contribution in [0.25, 0.3) is 0 Å². The van der Waals surface area contributed by atoms with Crippen molar-refractivity contribution in [3.63, 3.8) is 0 Å². The van der Waals surface area contributed by atoms with Crippen molar-refractivity contribution in [3.8, 4) is 0 Å². The van der Waals surface area contributed by atoms with E-state index in [4.69, 9.17) is 0 Å². The van der Waals surface area contributed by atoms with E-state index in [0.29, 0.717) is 24.2 Å². The monoisotopic (exact) mass is 814 g/mol. The number of imidazole rings is 1. The summed E-state index contributed by atoms with van der Waals surface area (Å²) in [5.74, 6) is 2.83. The molecule has 4 N–H and O–H groups in total. The number of carbonyl (C=O) groups excluding carboxylic acids is 1. The fourth-order valence-electron chi connectivity index (χ4n) is 17.5. The van der Waals surface area contributed by atoms with Crippen molar-refractivity contribution in [3.05, 3.63) is 52.7 Å². The Kier molecular flexibility index (Phi) is 9.01. The SMILES string of the molecule is CC1(C)C[C@H](n2ccnc2)CSSC[C@@H]2C[C@H]([C@@H]3C[C@@H]4CCCC5=C4[C@H](C1=C1CCCC[C@@H]51)[C@H]3O)[C@@]1(C)C[C@@H]3CC[C@@H]4[C@H](O)[C@H](O)C[C@H]5C(=O)C=C([C@H]3[C@@]45C)[C@]21O. The molecule has 4 bridgehead atoms. The Morgan fingerprint density at radius 2 is 1.67 bits per heavy atom. The number of aromatic nitrogens is 2. The average Bonchev–Trinajstić information content (AvgIpc) is 3.80. The second-order valence-electron chi connectivity index (χ2n) is 22.1. The van der Waals surface area contributed by atoms with Crippen molar-refractivity contribution in [1.82, 2.24) is 9.55 Å². The first-order valence-electron chi connectivity index (χ1n) is 23.0. The van der Waals surface area contributed by atoms with Gasteiger partial charge in [0.25, 0.3) is 0 Å². The lowest BCUT2D eigenvalue weighted by atomic mass is 9.37. The van der Waals surface area contributed by atoms with E-state index in [0.717, 1.165) is 62.0 Å². The third-order valence-electron chi connectivity index (χ3n) is 19.5. The number of aliphatic hydroxyl groups excluding tert-OH is 3. The minimum Gasteiger partial charge on any atom is -0.392 e. The highest BCUT2D eigenvalue weighted by molar-refractivity contribution is 8.76. The van der Waals surface area contributed by atoms with Gasteiger partial charge < -0.3 is 25.0 Å². The molecule has 57 heavy (non-hydrogen) atoms. The zero-order valence-electron chi connectivity index (χ0n) is 34.6. The Labute approximate surface area is 347 Å². The lowest BCUT2D eigenvalue weighted by Gasteiger charge is -2.68. The van der Waals surface area contributed by atoms with Gasteiger partial charge in [-0.25, -0.2) is 4.98 Å². The summed E-state index contributed by atoms with van der Waals surface area (Å²) >= 11 is 0. The van der Waals surface area contributed by atoms with Crippen LogP contribution in [0.15, 0.2) is 52.7 Å². The summed E-state index contributed by atoms with van der Waals surface area (Å²) in [5, 5.41) is 50.1. The standard InChI is InChI=1S/C48H66N2O5S2/c1-45(2)21-28(50-15-14-49-24-50)23-57-56-22-27-17-34(32-16-25-8-7-11-30-29-9-5-6-10-31(29)42(45)40(39(25)30)43(32)53)46(3)20-26-12-13-33-44(54)38(52)18-35-37(51)19-36(48(27,46)55)41(26)47(33,35)4/h14-15,19,24-29,32-35,38,40-41,43-44,52-55H,5-13,16-18,20-23H2,1-4H3/t25-,26-,27-,28-,29-,32-,33+,34+,35-,38+,40+,41-,43-,44-,46+,47-,48+/m0/s1. The number of rotatable bonds is 1. The molecule has 1 aliphatic heterocycles.